The number of hydrogen-bond donors (Lipinski definition) is 1. The first kappa shape index (κ1) is 14.8. The molecule has 2 rings (SSSR count). The number of nitrogens with zero attached hydrogens (tertiary/aromatic N) is 2. The average Bonchev–Trinajstić information content (AvgIpc) is 2.38. The molecule has 0 radical (unpaired) electrons. The highest BCUT2D eigenvalue weighted by atomic mass is 35.5. The van der Waals surface area contributed by atoms with E-state index in [2.05, 4.69) is 46.5 Å². The molecule has 1 aromatic heterocycles. The van der Waals surface area contributed by atoms with Crippen LogP contribution in [0.3, 0.4) is 0 Å². The number of ether oxygens (including phenoxy) is 1. The molecular weight excluding hydrogens is 274 g/mol. The maximum absolute atomic E-state index is 5.96. The molecule has 0 bridgehead atoms. The first-order valence-corrected chi connectivity index (χ1v) is 6.87. The number of rotatable bonds is 6. The quantitative estimate of drug-likeness (QED) is 0.830. The van der Waals surface area contributed by atoms with Crippen LogP contribution in [0, 0.1) is 6.92 Å². The van der Waals surface area contributed by atoms with E-state index in [9.17, 15) is 0 Å². The van der Waals surface area contributed by atoms with Gasteiger partial charge in [-0.15, -0.1) is 0 Å². The molecule has 106 valence electrons. The minimum absolute atomic E-state index is 0.354. The number of aryl methyl sites for hydroxylation is 1. The van der Waals surface area contributed by atoms with Gasteiger partial charge in [0.1, 0.15) is 17.6 Å². The Labute approximate surface area is 124 Å². The molecule has 0 spiro atoms. The minimum Gasteiger partial charge on any atom is -0.377 e. The SMILES string of the molecule is COCc1nc(Cl)cc(NCCc2cccc(C)c2)n1. The zero-order chi connectivity index (χ0) is 14.4. The van der Waals surface area contributed by atoms with Crippen molar-refractivity contribution in [2.24, 2.45) is 0 Å². The van der Waals surface area contributed by atoms with Crippen molar-refractivity contribution in [3.63, 3.8) is 0 Å². The molecular formula is C15H18ClN3O. The number of hydrogen-bond acceptors (Lipinski definition) is 4. The molecule has 2 aromatic rings. The summed E-state index contributed by atoms with van der Waals surface area (Å²) in [5, 5.41) is 3.68. The van der Waals surface area contributed by atoms with E-state index < -0.39 is 0 Å². The minimum atomic E-state index is 0.354. The third-order valence-electron chi connectivity index (χ3n) is 2.82. The maximum atomic E-state index is 5.96. The summed E-state index contributed by atoms with van der Waals surface area (Å²) in [6, 6.07) is 10.2. The zero-order valence-electron chi connectivity index (χ0n) is 11.7. The Hall–Kier alpha value is -1.65. The van der Waals surface area contributed by atoms with Crippen LogP contribution in [0.1, 0.15) is 17.0 Å². The van der Waals surface area contributed by atoms with Gasteiger partial charge in [-0.2, -0.15) is 0 Å². The molecule has 5 heteroatoms. The summed E-state index contributed by atoms with van der Waals surface area (Å²) in [6.45, 7) is 3.24. The number of anilines is 1. The Balaban J connectivity index is 1.93. The molecule has 1 heterocycles. The summed E-state index contributed by atoms with van der Waals surface area (Å²) in [5.74, 6) is 1.31. The smallest absolute Gasteiger partial charge is 0.158 e. The fraction of sp³-hybridized carbons (Fsp3) is 0.333. The number of halogens is 1. The first-order chi connectivity index (χ1) is 9.67. The van der Waals surface area contributed by atoms with Crippen molar-refractivity contribution in [1.29, 1.82) is 0 Å². The van der Waals surface area contributed by atoms with Crippen molar-refractivity contribution in [2.45, 2.75) is 20.0 Å². The van der Waals surface area contributed by atoms with Gasteiger partial charge in [0.05, 0.1) is 0 Å². The summed E-state index contributed by atoms with van der Waals surface area (Å²) in [7, 11) is 1.61. The van der Waals surface area contributed by atoms with Crippen LogP contribution < -0.4 is 5.32 Å². The third kappa shape index (κ3) is 4.47. The third-order valence-corrected chi connectivity index (χ3v) is 3.01. The lowest BCUT2D eigenvalue weighted by Crippen LogP contribution is -2.08. The Kier molecular flexibility index (Phi) is 5.32. The molecule has 0 aliphatic heterocycles. The molecule has 0 aliphatic carbocycles. The van der Waals surface area contributed by atoms with Crippen LogP contribution in [-0.4, -0.2) is 23.6 Å². The zero-order valence-corrected chi connectivity index (χ0v) is 12.4. The topological polar surface area (TPSA) is 47.0 Å². The highest BCUT2D eigenvalue weighted by Gasteiger charge is 2.03. The molecule has 1 aromatic carbocycles. The predicted molar refractivity (Wildman–Crippen MR) is 81.1 cm³/mol. The van der Waals surface area contributed by atoms with Crippen LogP contribution in [-0.2, 0) is 17.8 Å². The van der Waals surface area contributed by atoms with E-state index in [1.165, 1.54) is 11.1 Å². The second kappa shape index (κ2) is 7.22. The largest absolute Gasteiger partial charge is 0.377 e. The van der Waals surface area contributed by atoms with Gasteiger partial charge in [0, 0.05) is 19.7 Å². The second-order valence-corrected chi connectivity index (χ2v) is 4.98. The van der Waals surface area contributed by atoms with Crippen molar-refractivity contribution < 1.29 is 4.74 Å². The molecule has 0 saturated heterocycles. The van der Waals surface area contributed by atoms with Crippen LogP contribution >= 0.6 is 11.6 Å². The molecule has 1 N–H and O–H groups in total. The summed E-state index contributed by atoms with van der Waals surface area (Å²) < 4.78 is 5.01. The molecule has 0 atom stereocenters. The van der Waals surface area contributed by atoms with E-state index in [-0.39, 0.29) is 0 Å². The van der Waals surface area contributed by atoms with Gasteiger partial charge in [-0.3, -0.25) is 0 Å². The van der Waals surface area contributed by atoms with E-state index in [0.29, 0.717) is 17.6 Å². The van der Waals surface area contributed by atoms with Crippen molar-refractivity contribution in [3.05, 3.63) is 52.4 Å². The van der Waals surface area contributed by atoms with Gasteiger partial charge in [0.2, 0.25) is 0 Å². The van der Waals surface area contributed by atoms with E-state index in [0.717, 1.165) is 18.8 Å². The Bertz CT molecular complexity index is 575. The molecule has 0 unspecified atom stereocenters. The van der Waals surface area contributed by atoms with Gasteiger partial charge in [-0.1, -0.05) is 41.4 Å². The number of nitrogens with one attached hydrogen (secondary N) is 1. The maximum Gasteiger partial charge on any atom is 0.158 e. The Morgan fingerprint density at radius 3 is 2.85 bits per heavy atom. The van der Waals surface area contributed by atoms with Gasteiger partial charge in [0.25, 0.3) is 0 Å². The van der Waals surface area contributed by atoms with E-state index in [1.807, 2.05) is 0 Å². The van der Waals surface area contributed by atoms with E-state index in [4.69, 9.17) is 16.3 Å². The lowest BCUT2D eigenvalue weighted by Gasteiger charge is -2.08. The van der Waals surface area contributed by atoms with Crippen molar-refractivity contribution >= 4 is 17.4 Å². The summed E-state index contributed by atoms with van der Waals surface area (Å²) in [5.41, 5.74) is 2.57. The van der Waals surface area contributed by atoms with Crippen LogP contribution in [0.5, 0.6) is 0 Å². The molecule has 0 amide bonds. The van der Waals surface area contributed by atoms with Gasteiger partial charge < -0.3 is 10.1 Å². The van der Waals surface area contributed by atoms with Gasteiger partial charge >= 0.3 is 0 Å². The van der Waals surface area contributed by atoms with Gasteiger partial charge in [0.15, 0.2) is 5.82 Å². The van der Waals surface area contributed by atoms with Gasteiger partial charge in [-0.05, 0) is 18.9 Å². The molecule has 0 saturated carbocycles. The molecule has 0 aliphatic rings. The monoisotopic (exact) mass is 291 g/mol. The molecule has 4 nitrogen and oxygen atoms in total. The number of methoxy groups -OCH3 is 1. The first-order valence-electron chi connectivity index (χ1n) is 6.49. The van der Waals surface area contributed by atoms with E-state index >= 15 is 0 Å². The van der Waals surface area contributed by atoms with Crippen molar-refractivity contribution in [1.82, 2.24) is 9.97 Å². The highest BCUT2D eigenvalue weighted by Crippen LogP contribution is 2.12. The van der Waals surface area contributed by atoms with Crippen molar-refractivity contribution in [3.8, 4) is 0 Å². The fourth-order valence-corrected chi connectivity index (χ4v) is 2.15. The summed E-state index contributed by atoms with van der Waals surface area (Å²) >= 11 is 5.96. The average molecular weight is 292 g/mol. The molecule has 20 heavy (non-hydrogen) atoms. The van der Waals surface area contributed by atoms with Crippen LogP contribution in [0.2, 0.25) is 5.15 Å². The van der Waals surface area contributed by atoms with Crippen LogP contribution in [0.15, 0.2) is 30.3 Å². The Morgan fingerprint density at radius 2 is 2.10 bits per heavy atom. The summed E-state index contributed by atoms with van der Waals surface area (Å²) in [4.78, 5) is 8.43. The van der Waals surface area contributed by atoms with E-state index in [1.54, 1.807) is 13.2 Å². The highest BCUT2D eigenvalue weighted by molar-refractivity contribution is 6.29. The standard InChI is InChI=1S/C15H18ClN3O/c1-11-4-3-5-12(8-11)6-7-17-14-9-13(16)18-15(19-14)10-20-2/h3-5,8-9H,6-7,10H2,1-2H3,(H,17,18,19). The van der Waals surface area contributed by atoms with Gasteiger partial charge in [-0.25, -0.2) is 9.97 Å². The number of aromatic nitrogens is 2. The normalized spacial score (nSPS) is 10.6. The fourth-order valence-electron chi connectivity index (χ4n) is 1.95. The predicted octanol–water partition coefficient (Wildman–Crippen LogP) is 3.24. The molecule has 0 fully saturated rings. The lowest BCUT2D eigenvalue weighted by molar-refractivity contribution is 0.178. The van der Waals surface area contributed by atoms with Crippen LogP contribution in [0.4, 0.5) is 5.82 Å². The second-order valence-electron chi connectivity index (χ2n) is 4.59. The van der Waals surface area contributed by atoms with Crippen LogP contribution in [0.25, 0.3) is 0 Å². The number of benzene rings is 1. The summed E-state index contributed by atoms with van der Waals surface area (Å²) in [6.07, 6.45) is 0.933. The Morgan fingerprint density at radius 1 is 1.25 bits per heavy atom. The lowest BCUT2D eigenvalue weighted by atomic mass is 10.1. The van der Waals surface area contributed by atoms with Crippen molar-refractivity contribution in [2.75, 3.05) is 19.0 Å².